The van der Waals surface area contributed by atoms with Crippen LogP contribution in [-0.4, -0.2) is 40.5 Å². The smallest absolute Gasteiger partial charge is 0.295 e. The van der Waals surface area contributed by atoms with E-state index in [9.17, 15) is 4.79 Å². The minimum atomic E-state index is -0.396. The Morgan fingerprint density at radius 1 is 1.41 bits per heavy atom. The van der Waals surface area contributed by atoms with Gasteiger partial charge in [0, 0.05) is 6.07 Å². The summed E-state index contributed by atoms with van der Waals surface area (Å²) in [6.07, 6.45) is 1.32. The molecule has 1 aliphatic heterocycles. The van der Waals surface area contributed by atoms with Crippen molar-refractivity contribution in [3.63, 3.8) is 0 Å². The summed E-state index contributed by atoms with van der Waals surface area (Å²) in [4.78, 5) is 17.1. The van der Waals surface area contributed by atoms with Crippen molar-refractivity contribution in [2.45, 2.75) is 13.8 Å². The van der Waals surface area contributed by atoms with E-state index in [0.717, 1.165) is 21.7 Å². The van der Waals surface area contributed by atoms with Gasteiger partial charge in [-0.2, -0.15) is 9.78 Å². The number of nitrogens with zero attached hydrogens (tertiary/aromatic N) is 3. The average molecular weight is 386 g/mol. The molecule has 8 nitrogen and oxygen atoms in total. The molecule has 4 rings (SSSR count). The van der Waals surface area contributed by atoms with E-state index in [4.69, 9.17) is 14.2 Å². The normalized spacial score (nSPS) is 13.6. The van der Waals surface area contributed by atoms with Crippen LogP contribution < -0.4 is 10.1 Å². The van der Waals surface area contributed by atoms with E-state index in [0.29, 0.717) is 30.8 Å². The van der Waals surface area contributed by atoms with Gasteiger partial charge in [0.2, 0.25) is 10.9 Å². The Labute approximate surface area is 159 Å². The van der Waals surface area contributed by atoms with Gasteiger partial charge in [-0.05, 0) is 26.0 Å². The molecule has 1 aliphatic rings. The number of thiazole rings is 1. The van der Waals surface area contributed by atoms with Crippen molar-refractivity contribution in [2.75, 3.05) is 25.1 Å². The van der Waals surface area contributed by atoms with Crippen LogP contribution >= 0.6 is 11.3 Å². The van der Waals surface area contributed by atoms with Crippen molar-refractivity contribution >= 4 is 33.3 Å². The first-order valence-electron chi connectivity index (χ1n) is 8.51. The Balaban J connectivity index is 1.68. The quantitative estimate of drug-likeness (QED) is 0.725. The first kappa shape index (κ1) is 17.3. The lowest BCUT2D eigenvalue weighted by Crippen LogP contribution is -2.22. The second kappa shape index (κ2) is 7.28. The minimum Gasteiger partial charge on any atom is -0.494 e. The lowest BCUT2D eigenvalue weighted by Gasteiger charge is -2.15. The van der Waals surface area contributed by atoms with Crippen LogP contribution in [0.1, 0.15) is 12.6 Å². The van der Waals surface area contributed by atoms with Gasteiger partial charge in [0.25, 0.3) is 5.91 Å². The zero-order valence-corrected chi connectivity index (χ0v) is 15.7. The summed E-state index contributed by atoms with van der Waals surface area (Å²) in [7, 11) is 0. The van der Waals surface area contributed by atoms with Crippen LogP contribution in [0, 0.1) is 6.92 Å². The third kappa shape index (κ3) is 3.45. The van der Waals surface area contributed by atoms with Crippen LogP contribution in [0.3, 0.4) is 0 Å². The van der Waals surface area contributed by atoms with Gasteiger partial charge in [-0.15, -0.1) is 0 Å². The van der Waals surface area contributed by atoms with E-state index in [1.165, 1.54) is 17.6 Å². The summed E-state index contributed by atoms with van der Waals surface area (Å²) in [6, 6.07) is 7.57. The zero-order valence-electron chi connectivity index (χ0n) is 14.9. The molecule has 27 heavy (non-hydrogen) atoms. The number of ether oxygens (including phenoxy) is 3. The second-order valence-electron chi connectivity index (χ2n) is 5.77. The van der Waals surface area contributed by atoms with Crippen LogP contribution in [0.4, 0.5) is 5.82 Å². The number of hydrogen-bond acceptors (Lipinski definition) is 7. The summed E-state index contributed by atoms with van der Waals surface area (Å²) >= 11 is 1.47. The van der Waals surface area contributed by atoms with Crippen LogP contribution in [0.15, 0.2) is 36.3 Å². The number of amides is 1. The average Bonchev–Trinajstić information content (AvgIpc) is 3.26. The molecule has 140 valence electrons. The van der Waals surface area contributed by atoms with E-state index in [1.807, 2.05) is 32.0 Å². The van der Waals surface area contributed by atoms with Crippen molar-refractivity contribution < 1.29 is 19.0 Å². The monoisotopic (exact) mass is 386 g/mol. The zero-order chi connectivity index (χ0) is 18.8. The molecule has 0 radical (unpaired) electrons. The summed E-state index contributed by atoms with van der Waals surface area (Å²) in [5.74, 6) is 0.969. The Hall–Kier alpha value is -3.07. The first-order valence-corrected chi connectivity index (χ1v) is 9.32. The fraction of sp³-hybridized carbons (Fsp3) is 0.278. The Morgan fingerprint density at radius 3 is 3.07 bits per heavy atom. The van der Waals surface area contributed by atoms with E-state index in [2.05, 4.69) is 15.4 Å². The van der Waals surface area contributed by atoms with Crippen molar-refractivity contribution in [3.8, 4) is 10.9 Å². The van der Waals surface area contributed by atoms with Crippen molar-refractivity contribution in [2.24, 2.45) is 0 Å². The van der Waals surface area contributed by atoms with Crippen LogP contribution in [0.5, 0.6) is 5.75 Å². The topological polar surface area (TPSA) is 87.5 Å². The SMILES string of the molecule is CCOc1cccc2sc(-n3nc(C)cc3NC(=O)C3=COCCO3)nc12. The highest BCUT2D eigenvalue weighted by Crippen LogP contribution is 2.32. The number of carbonyl (C=O) groups is 1. The highest BCUT2D eigenvalue weighted by molar-refractivity contribution is 7.20. The van der Waals surface area contributed by atoms with E-state index in [-0.39, 0.29) is 5.76 Å². The number of aryl methyl sites for hydroxylation is 1. The molecular formula is C18H18N4O4S. The maximum absolute atomic E-state index is 12.4. The van der Waals surface area contributed by atoms with Gasteiger partial charge in [-0.25, -0.2) is 4.98 Å². The molecule has 0 saturated carbocycles. The molecule has 0 saturated heterocycles. The van der Waals surface area contributed by atoms with Crippen LogP contribution in [0.25, 0.3) is 15.3 Å². The summed E-state index contributed by atoms with van der Waals surface area (Å²) in [5.41, 5.74) is 1.53. The number of rotatable bonds is 5. The third-order valence-electron chi connectivity index (χ3n) is 3.80. The summed E-state index contributed by atoms with van der Waals surface area (Å²) in [5, 5.41) is 7.91. The maximum Gasteiger partial charge on any atom is 0.295 e. The van der Waals surface area contributed by atoms with Gasteiger partial charge in [0.15, 0.2) is 0 Å². The molecule has 0 bridgehead atoms. The molecule has 3 heterocycles. The van der Waals surface area contributed by atoms with Gasteiger partial charge >= 0.3 is 0 Å². The van der Waals surface area contributed by atoms with Crippen molar-refractivity contribution in [1.82, 2.24) is 14.8 Å². The Bertz CT molecular complexity index is 1020. The Kier molecular flexibility index (Phi) is 4.68. The lowest BCUT2D eigenvalue weighted by atomic mass is 10.3. The molecule has 2 aromatic heterocycles. The number of para-hydroxylation sites is 1. The number of hydrogen-bond donors (Lipinski definition) is 1. The van der Waals surface area contributed by atoms with E-state index in [1.54, 1.807) is 10.7 Å². The van der Waals surface area contributed by atoms with Gasteiger partial charge in [-0.1, -0.05) is 17.4 Å². The highest BCUT2D eigenvalue weighted by Gasteiger charge is 2.20. The molecule has 0 atom stereocenters. The fourth-order valence-corrected chi connectivity index (χ4v) is 3.62. The first-order chi connectivity index (χ1) is 13.2. The molecule has 1 aromatic carbocycles. The van der Waals surface area contributed by atoms with Gasteiger partial charge in [-0.3, -0.25) is 4.79 Å². The predicted molar refractivity (Wildman–Crippen MR) is 101 cm³/mol. The largest absolute Gasteiger partial charge is 0.494 e. The number of nitrogens with one attached hydrogen (secondary N) is 1. The summed E-state index contributed by atoms with van der Waals surface area (Å²) < 4.78 is 18.7. The number of fused-ring (bicyclic) bond motifs is 1. The van der Waals surface area contributed by atoms with Crippen molar-refractivity contribution in [1.29, 1.82) is 0 Å². The number of benzene rings is 1. The van der Waals surface area contributed by atoms with Crippen molar-refractivity contribution in [3.05, 3.63) is 42.0 Å². The number of anilines is 1. The minimum absolute atomic E-state index is 0.134. The molecule has 1 amide bonds. The van der Waals surface area contributed by atoms with E-state index >= 15 is 0 Å². The third-order valence-corrected chi connectivity index (χ3v) is 4.79. The second-order valence-corrected chi connectivity index (χ2v) is 6.78. The standard InChI is InChI=1S/C18H18N4O4S/c1-3-25-12-5-4-6-14-16(12)20-18(27-14)22-15(9-11(2)21-22)19-17(23)13-10-24-7-8-26-13/h4-6,9-10H,3,7-8H2,1-2H3,(H,19,23). The van der Waals surface area contributed by atoms with Gasteiger partial charge in [0.05, 0.1) is 17.0 Å². The maximum atomic E-state index is 12.4. The summed E-state index contributed by atoms with van der Waals surface area (Å²) in [6.45, 7) is 5.12. The Morgan fingerprint density at radius 2 is 2.30 bits per heavy atom. The van der Waals surface area contributed by atoms with Crippen LogP contribution in [-0.2, 0) is 14.3 Å². The molecule has 0 unspecified atom stereocenters. The molecular weight excluding hydrogens is 368 g/mol. The lowest BCUT2D eigenvalue weighted by molar-refractivity contribution is -0.117. The molecule has 9 heteroatoms. The number of aromatic nitrogens is 3. The molecule has 0 spiro atoms. The fourth-order valence-electron chi connectivity index (χ4n) is 2.67. The van der Waals surface area contributed by atoms with Gasteiger partial charge in [0.1, 0.15) is 36.6 Å². The molecule has 3 aromatic rings. The molecule has 1 N–H and O–H groups in total. The molecule has 0 aliphatic carbocycles. The van der Waals surface area contributed by atoms with Gasteiger partial charge < -0.3 is 19.5 Å². The van der Waals surface area contributed by atoms with E-state index < -0.39 is 5.91 Å². The molecule has 0 fully saturated rings. The number of carbonyl (C=O) groups excluding carboxylic acids is 1. The van der Waals surface area contributed by atoms with Crippen LogP contribution in [0.2, 0.25) is 0 Å². The highest BCUT2D eigenvalue weighted by atomic mass is 32.1. The predicted octanol–water partition coefficient (Wildman–Crippen LogP) is 3.02.